The highest BCUT2D eigenvalue weighted by Gasteiger charge is 2.38. The van der Waals surface area contributed by atoms with Gasteiger partial charge >= 0.3 is 0 Å². The molecule has 3 aromatic carbocycles. The number of rotatable bonds is 2. The van der Waals surface area contributed by atoms with Crippen LogP contribution in [-0.4, -0.2) is 10.6 Å². The van der Waals surface area contributed by atoms with Crippen molar-refractivity contribution in [2.45, 2.75) is 38.3 Å². The number of para-hydroxylation sites is 1. The summed E-state index contributed by atoms with van der Waals surface area (Å²) < 4.78 is 2.56. The molecule has 0 spiro atoms. The van der Waals surface area contributed by atoms with E-state index in [1.165, 1.54) is 49.9 Å². The van der Waals surface area contributed by atoms with Crippen LogP contribution < -0.4 is 4.90 Å². The van der Waals surface area contributed by atoms with Crippen LogP contribution in [0.25, 0.3) is 21.8 Å². The fourth-order valence-corrected chi connectivity index (χ4v) is 6.19. The highest BCUT2D eigenvalue weighted by molar-refractivity contribution is 6.10. The normalized spacial score (nSPS) is 22.9. The number of aryl methyl sites for hydroxylation is 1. The summed E-state index contributed by atoms with van der Waals surface area (Å²) in [5.41, 5.74) is 9.34. The summed E-state index contributed by atoms with van der Waals surface area (Å²) in [5.74, 6) is 0.366. The number of hydrogen-bond donors (Lipinski definition) is 0. The maximum absolute atomic E-state index is 2.56. The number of hydrogen-bond acceptors (Lipinski definition) is 1. The Labute approximate surface area is 200 Å². The summed E-state index contributed by atoms with van der Waals surface area (Å²) in [6.45, 7) is 4.42. The van der Waals surface area contributed by atoms with E-state index < -0.39 is 0 Å². The molecule has 3 unspecified atom stereocenters. The molecular formula is C32H28N2. The molecule has 1 aliphatic heterocycles. The minimum absolute atomic E-state index is 0.312. The molecule has 0 saturated heterocycles. The second-order valence-corrected chi connectivity index (χ2v) is 9.93. The smallest absolute Gasteiger partial charge is 0.0629 e. The Bertz CT molecular complexity index is 1560. The molecule has 1 aromatic heterocycles. The van der Waals surface area contributed by atoms with Crippen molar-refractivity contribution in [1.29, 1.82) is 0 Å². The van der Waals surface area contributed by atoms with Crippen molar-refractivity contribution >= 4 is 33.2 Å². The molecule has 4 aromatic rings. The lowest BCUT2D eigenvalue weighted by Crippen LogP contribution is -2.28. The van der Waals surface area contributed by atoms with Crippen molar-refractivity contribution in [3.8, 4) is 0 Å². The Morgan fingerprint density at radius 3 is 2.50 bits per heavy atom. The third kappa shape index (κ3) is 2.81. The Kier molecular flexibility index (Phi) is 4.26. The number of benzene rings is 3. The van der Waals surface area contributed by atoms with Gasteiger partial charge in [0.25, 0.3) is 0 Å². The number of aromatic nitrogens is 1. The molecule has 0 amide bonds. The molecule has 3 atom stereocenters. The molecule has 7 rings (SSSR count). The summed E-state index contributed by atoms with van der Waals surface area (Å²) in [4.78, 5) is 2.54. The van der Waals surface area contributed by atoms with Crippen molar-refractivity contribution in [2.24, 2.45) is 0 Å². The zero-order valence-corrected chi connectivity index (χ0v) is 19.6. The first-order valence-electron chi connectivity index (χ1n) is 12.3. The van der Waals surface area contributed by atoms with Crippen LogP contribution in [0.5, 0.6) is 0 Å². The van der Waals surface area contributed by atoms with Crippen LogP contribution in [0.1, 0.15) is 36.4 Å². The summed E-state index contributed by atoms with van der Waals surface area (Å²) >= 11 is 0. The van der Waals surface area contributed by atoms with Gasteiger partial charge in [-0.2, -0.15) is 0 Å². The van der Waals surface area contributed by atoms with E-state index >= 15 is 0 Å². The summed E-state index contributed by atoms with van der Waals surface area (Å²) in [7, 11) is 0. The average Bonchev–Trinajstić information content (AvgIpc) is 3.35. The van der Waals surface area contributed by atoms with Gasteiger partial charge in [0.1, 0.15) is 0 Å². The van der Waals surface area contributed by atoms with Gasteiger partial charge in [-0.15, -0.1) is 0 Å². The minimum atomic E-state index is 0.312. The predicted molar refractivity (Wildman–Crippen MR) is 144 cm³/mol. The van der Waals surface area contributed by atoms with Gasteiger partial charge in [0.15, 0.2) is 0 Å². The van der Waals surface area contributed by atoms with Gasteiger partial charge < -0.3 is 9.47 Å². The third-order valence-corrected chi connectivity index (χ3v) is 7.71. The van der Waals surface area contributed by atoms with Crippen LogP contribution in [0.4, 0.5) is 11.4 Å². The third-order valence-electron chi connectivity index (χ3n) is 7.71. The highest BCUT2D eigenvalue weighted by atomic mass is 15.2. The molecule has 3 aliphatic rings. The molecular weight excluding hydrogens is 412 g/mol. The van der Waals surface area contributed by atoms with Crippen molar-refractivity contribution in [3.05, 3.63) is 120 Å². The average molecular weight is 441 g/mol. The van der Waals surface area contributed by atoms with Gasteiger partial charge in [0.2, 0.25) is 0 Å². The lowest BCUT2D eigenvalue weighted by atomic mass is 9.88. The lowest BCUT2D eigenvalue weighted by molar-refractivity contribution is 0.648. The minimum Gasteiger partial charge on any atom is -0.333 e. The van der Waals surface area contributed by atoms with E-state index in [4.69, 9.17) is 0 Å². The van der Waals surface area contributed by atoms with Crippen molar-refractivity contribution in [1.82, 2.24) is 4.57 Å². The largest absolute Gasteiger partial charge is 0.333 e. The maximum Gasteiger partial charge on any atom is 0.0629 e. The van der Waals surface area contributed by atoms with Crippen LogP contribution in [0.3, 0.4) is 0 Å². The van der Waals surface area contributed by atoms with E-state index in [0.29, 0.717) is 18.0 Å². The van der Waals surface area contributed by atoms with Crippen LogP contribution in [0.2, 0.25) is 0 Å². The van der Waals surface area contributed by atoms with E-state index in [9.17, 15) is 0 Å². The van der Waals surface area contributed by atoms with Crippen LogP contribution in [-0.2, 0) is 0 Å². The van der Waals surface area contributed by atoms with Gasteiger partial charge in [-0.1, -0.05) is 77.9 Å². The molecule has 2 heterocycles. The van der Waals surface area contributed by atoms with Gasteiger partial charge in [-0.05, 0) is 62.2 Å². The van der Waals surface area contributed by atoms with Crippen LogP contribution >= 0.6 is 0 Å². The second-order valence-electron chi connectivity index (χ2n) is 9.93. The number of allylic oxidation sites excluding steroid dienone is 6. The van der Waals surface area contributed by atoms with Crippen molar-refractivity contribution < 1.29 is 0 Å². The quantitative estimate of drug-likeness (QED) is 0.304. The highest BCUT2D eigenvalue weighted by Crippen LogP contribution is 2.51. The predicted octanol–water partition coefficient (Wildman–Crippen LogP) is 8.28. The fourth-order valence-electron chi connectivity index (χ4n) is 6.19. The number of nitrogens with zero attached hydrogens (tertiary/aromatic N) is 2. The molecule has 2 nitrogen and oxygen atoms in total. The van der Waals surface area contributed by atoms with Gasteiger partial charge in [-0.25, -0.2) is 0 Å². The van der Waals surface area contributed by atoms with Gasteiger partial charge in [-0.3, -0.25) is 0 Å². The van der Waals surface area contributed by atoms with E-state index in [2.05, 4.69) is 127 Å². The van der Waals surface area contributed by atoms with Crippen LogP contribution in [0.15, 0.2) is 109 Å². The lowest BCUT2D eigenvalue weighted by Gasteiger charge is -2.29. The molecule has 0 fully saturated rings. The Hall–Kier alpha value is -3.78. The summed E-state index contributed by atoms with van der Waals surface area (Å²) in [5, 5.41) is 2.73. The molecule has 0 radical (unpaired) electrons. The van der Waals surface area contributed by atoms with E-state index in [0.717, 1.165) is 6.42 Å². The first-order chi connectivity index (χ1) is 16.7. The standard InChI is InChI=1S/C32H28N2/c1-21-13-15-29-25(17-21)27-19-28-26-18-22(2)14-16-30(26)34(24-11-7-4-8-12-24)32(28)20-31(27)33(29)23-9-5-3-6-10-23/h3-11,13-20,24-25,29H,12H2,1-2H3. The fraction of sp³-hybridized carbons (Fsp3) is 0.188. The SMILES string of the molecule is CC1=CC2c3cc4c5cc(C)ccc5n(C5C=CC=CC5)c4cc3N(c3ccccc3)C2C=C1. The molecule has 166 valence electrons. The second kappa shape index (κ2) is 7.36. The first kappa shape index (κ1) is 19.7. The number of anilines is 2. The maximum atomic E-state index is 2.56. The summed E-state index contributed by atoms with van der Waals surface area (Å²) in [6, 6.07) is 23.4. The van der Waals surface area contributed by atoms with Crippen molar-refractivity contribution in [3.63, 3.8) is 0 Å². The molecule has 34 heavy (non-hydrogen) atoms. The topological polar surface area (TPSA) is 8.17 Å². The molecule has 0 saturated carbocycles. The zero-order chi connectivity index (χ0) is 22.8. The molecule has 0 bridgehead atoms. The zero-order valence-electron chi connectivity index (χ0n) is 19.6. The Morgan fingerprint density at radius 2 is 1.68 bits per heavy atom. The molecule has 0 N–H and O–H groups in total. The van der Waals surface area contributed by atoms with E-state index in [-0.39, 0.29) is 0 Å². The van der Waals surface area contributed by atoms with E-state index in [1.54, 1.807) is 0 Å². The molecule has 2 aliphatic carbocycles. The van der Waals surface area contributed by atoms with Gasteiger partial charge in [0, 0.05) is 33.6 Å². The number of fused-ring (bicyclic) bond motifs is 6. The van der Waals surface area contributed by atoms with E-state index in [1.807, 2.05) is 0 Å². The first-order valence-corrected chi connectivity index (χ1v) is 12.3. The van der Waals surface area contributed by atoms with Gasteiger partial charge in [0.05, 0.1) is 17.6 Å². The van der Waals surface area contributed by atoms with Crippen LogP contribution in [0, 0.1) is 6.92 Å². The Morgan fingerprint density at radius 1 is 0.824 bits per heavy atom. The summed E-state index contributed by atoms with van der Waals surface area (Å²) in [6.07, 6.45) is 17.1. The molecule has 2 heteroatoms. The van der Waals surface area contributed by atoms with Crippen molar-refractivity contribution in [2.75, 3.05) is 4.90 Å². The monoisotopic (exact) mass is 440 g/mol. The Balaban J connectivity index is 1.55.